The number of rotatable bonds is 6. The number of benzene rings is 2. The zero-order valence-electron chi connectivity index (χ0n) is 15.0. The third-order valence-corrected chi connectivity index (χ3v) is 4.82. The quantitative estimate of drug-likeness (QED) is 0.566. The Morgan fingerprint density at radius 1 is 1.18 bits per heavy atom. The monoisotopic (exact) mass is 398 g/mol. The van der Waals surface area contributed by atoms with Crippen molar-refractivity contribution in [2.75, 3.05) is 18.6 Å². The van der Waals surface area contributed by atoms with Crippen LogP contribution in [0.4, 0.5) is 10.5 Å². The fourth-order valence-electron chi connectivity index (χ4n) is 2.55. The maximum atomic E-state index is 12.6. The Balaban J connectivity index is 1.72. The molecule has 1 aliphatic rings. The molecular formula is C20H18N2O5S. The van der Waals surface area contributed by atoms with Crippen LogP contribution in [0, 0.1) is 0 Å². The second kappa shape index (κ2) is 8.62. The zero-order valence-corrected chi connectivity index (χ0v) is 15.9. The Morgan fingerprint density at radius 2 is 1.89 bits per heavy atom. The molecule has 1 fully saturated rings. The Bertz CT molecular complexity index is 940. The van der Waals surface area contributed by atoms with Crippen LogP contribution >= 0.6 is 11.8 Å². The molecule has 3 rings (SSSR count). The SMILES string of the molecule is CCOC(=O)c1ccccc1NCN1C(=O)S/C(=C\c2ccc(O)cc2)C1=O. The largest absolute Gasteiger partial charge is 0.508 e. The molecule has 1 aliphatic heterocycles. The molecule has 2 aromatic carbocycles. The van der Waals surface area contributed by atoms with Crippen LogP contribution in [0.2, 0.25) is 0 Å². The van der Waals surface area contributed by atoms with Crippen molar-refractivity contribution in [2.45, 2.75) is 6.92 Å². The standard InChI is InChI=1S/C20H18N2O5S/c1-2-27-19(25)15-5-3-4-6-16(15)21-12-22-18(24)17(28-20(22)26)11-13-7-9-14(23)10-8-13/h3-11,21,23H,2,12H2,1H3/b17-11-. The smallest absolute Gasteiger partial charge is 0.340 e. The number of nitrogens with zero attached hydrogens (tertiary/aromatic N) is 1. The second-order valence-electron chi connectivity index (χ2n) is 5.80. The molecule has 8 heteroatoms. The molecule has 0 spiro atoms. The van der Waals surface area contributed by atoms with Crippen LogP contribution in [-0.4, -0.2) is 40.4 Å². The van der Waals surface area contributed by atoms with Gasteiger partial charge in [-0.15, -0.1) is 0 Å². The van der Waals surface area contributed by atoms with E-state index in [-0.39, 0.29) is 23.9 Å². The summed E-state index contributed by atoms with van der Waals surface area (Å²) >= 11 is 0.839. The van der Waals surface area contributed by atoms with E-state index in [0.29, 0.717) is 16.8 Å². The third-order valence-electron chi connectivity index (χ3n) is 3.91. The van der Waals surface area contributed by atoms with Crippen molar-refractivity contribution in [1.82, 2.24) is 4.90 Å². The number of imide groups is 1. The van der Waals surface area contributed by atoms with E-state index < -0.39 is 17.1 Å². The van der Waals surface area contributed by atoms with Gasteiger partial charge in [0.2, 0.25) is 0 Å². The van der Waals surface area contributed by atoms with Crippen molar-refractivity contribution in [3.63, 3.8) is 0 Å². The van der Waals surface area contributed by atoms with Gasteiger partial charge >= 0.3 is 5.97 Å². The first-order chi connectivity index (χ1) is 13.5. The number of para-hydroxylation sites is 1. The number of hydrogen-bond acceptors (Lipinski definition) is 7. The second-order valence-corrected chi connectivity index (χ2v) is 6.80. The first-order valence-electron chi connectivity index (χ1n) is 8.54. The number of anilines is 1. The van der Waals surface area contributed by atoms with E-state index in [2.05, 4.69) is 5.32 Å². The van der Waals surface area contributed by atoms with E-state index in [0.717, 1.165) is 16.7 Å². The maximum Gasteiger partial charge on any atom is 0.340 e. The number of ether oxygens (including phenoxy) is 1. The van der Waals surface area contributed by atoms with Crippen molar-refractivity contribution < 1.29 is 24.2 Å². The minimum Gasteiger partial charge on any atom is -0.508 e. The van der Waals surface area contributed by atoms with Crippen LogP contribution in [0.1, 0.15) is 22.8 Å². The first kappa shape index (κ1) is 19.5. The maximum absolute atomic E-state index is 12.6. The lowest BCUT2D eigenvalue weighted by Gasteiger charge is -2.16. The Kier molecular flexibility index (Phi) is 6.00. The Morgan fingerprint density at radius 3 is 2.61 bits per heavy atom. The topological polar surface area (TPSA) is 95.9 Å². The van der Waals surface area contributed by atoms with Gasteiger partial charge in [-0.05, 0) is 54.6 Å². The fourth-order valence-corrected chi connectivity index (χ4v) is 3.38. The van der Waals surface area contributed by atoms with Gasteiger partial charge in [-0.25, -0.2) is 4.79 Å². The van der Waals surface area contributed by atoms with Gasteiger partial charge in [0.25, 0.3) is 11.1 Å². The highest BCUT2D eigenvalue weighted by Gasteiger charge is 2.35. The average Bonchev–Trinajstić information content (AvgIpc) is 2.95. The molecule has 0 bridgehead atoms. The van der Waals surface area contributed by atoms with E-state index in [1.807, 2.05) is 0 Å². The lowest BCUT2D eigenvalue weighted by molar-refractivity contribution is -0.122. The van der Waals surface area contributed by atoms with E-state index in [4.69, 9.17) is 4.74 Å². The van der Waals surface area contributed by atoms with Crippen LogP contribution in [0.5, 0.6) is 5.75 Å². The summed E-state index contributed by atoms with van der Waals surface area (Å²) in [5, 5.41) is 11.9. The molecule has 0 radical (unpaired) electrons. The first-order valence-corrected chi connectivity index (χ1v) is 9.35. The minimum absolute atomic E-state index is 0.0754. The molecule has 1 saturated heterocycles. The summed E-state index contributed by atoms with van der Waals surface area (Å²) in [6, 6.07) is 13.0. The van der Waals surface area contributed by atoms with Gasteiger partial charge in [-0.1, -0.05) is 24.3 Å². The number of phenols is 1. The van der Waals surface area contributed by atoms with Crippen LogP contribution in [0.15, 0.2) is 53.4 Å². The van der Waals surface area contributed by atoms with Crippen molar-refractivity contribution in [1.29, 1.82) is 0 Å². The van der Waals surface area contributed by atoms with Gasteiger partial charge < -0.3 is 15.2 Å². The number of hydrogen-bond donors (Lipinski definition) is 2. The lowest BCUT2D eigenvalue weighted by atomic mass is 10.2. The Labute approximate surface area is 166 Å². The van der Waals surface area contributed by atoms with Gasteiger partial charge in [-0.3, -0.25) is 14.5 Å². The summed E-state index contributed by atoms with van der Waals surface area (Å²) in [5.74, 6) is -0.786. The van der Waals surface area contributed by atoms with E-state index in [1.54, 1.807) is 49.4 Å². The van der Waals surface area contributed by atoms with Crippen LogP contribution in [-0.2, 0) is 9.53 Å². The highest BCUT2D eigenvalue weighted by Crippen LogP contribution is 2.32. The predicted molar refractivity (Wildman–Crippen MR) is 107 cm³/mol. The van der Waals surface area contributed by atoms with E-state index >= 15 is 0 Å². The third kappa shape index (κ3) is 4.34. The van der Waals surface area contributed by atoms with Crippen molar-refractivity contribution in [3.05, 3.63) is 64.6 Å². The highest BCUT2D eigenvalue weighted by atomic mass is 32.2. The Hall–Kier alpha value is -3.26. The summed E-state index contributed by atoms with van der Waals surface area (Å²) in [5.41, 5.74) is 1.50. The molecule has 0 aromatic heterocycles. The van der Waals surface area contributed by atoms with Crippen molar-refractivity contribution in [2.24, 2.45) is 0 Å². The van der Waals surface area contributed by atoms with Gasteiger partial charge in [0, 0.05) is 0 Å². The van der Waals surface area contributed by atoms with Crippen LogP contribution in [0.25, 0.3) is 6.08 Å². The summed E-state index contributed by atoms with van der Waals surface area (Å²) in [7, 11) is 0. The number of amides is 2. The van der Waals surface area contributed by atoms with Crippen molar-refractivity contribution >= 4 is 40.6 Å². The molecule has 144 valence electrons. The highest BCUT2D eigenvalue weighted by molar-refractivity contribution is 8.18. The molecule has 28 heavy (non-hydrogen) atoms. The van der Waals surface area contributed by atoms with Crippen molar-refractivity contribution in [3.8, 4) is 5.75 Å². The van der Waals surface area contributed by atoms with Gasteiger partial charge in [0.15, 0.2) is 0 Å². The normalized spacial score (nSPS) is 15.2. The summed E-state index contributed by atoms with van der Waals surface area (Å²) in [4.78, 5) is 38.2. The molecule has 0 atom stereocenters. The number of esters is 1. The summed E-state index contributed by atoms with van der Waals surface area (Å²) in [6.45, 7) is 1.89. The van der Waals surface area contributed by atoms with Gasteiger partial charge in [0.1, 0.15) is 5.75 Å². The van der Waals surface area contributed by atoms with E-state index in [9.17, 15) is 19.5 Å². The molecule has 0 aliphatic carbocycles. The molecule has 2 N–H and O–H groups in total. The summed E-state index contributed by atoms with van der Waals surface area (Å²) in [6.07, 6.45) is 1.59. The number of thioether (sulfide) groups is 1. The van der Waals surface area contributed by atoms with E-state index in [1.165, 1.54) is 12.1 Å². The zero-order chi connectivity index (χ0) is 20.1. The number of carbonyl (C=O) groups excluding carboxylic acids is 3. The minimum atomic E-state index is -0.480. The lowest BCUT2D eigenvalue weighted by Crippen LogP contribution is -2.33. The number of carbonyl (C=O) groups is 3. The molecule has 7 nitrogen and oxygen atoms in total. The fraction of sp³-hybridized carbons (Fsp3) is 0.150. The van der Waals surface area contributed by atoms with Crippen LogP contribution in [0.3, 0.4) is 0 Å². The number of aromatic hydroxyl groups is 1. The average molecular weight is 398 g/mol. The molecule has 2 aromatic rings. The molecular weight excluding hydrogens is 380 g/mol. The number of phenolic OH excluding ortho intramolecular Hbond substituents is 1. The molecule has 1 heterocycles. The van der Waals surface area contributed by atoms with Gasteiger partial charge in [-0.2, -0.15) is 0 Å². The number of nitrogens with one attached hydrogen (secondary N) is 1. The van der Waals surface area contributed by atoms with Crippen LogP contribution < -0.4 is 5.32 Å². The molecule has 2 amide bonds. The molecule has 0 saturated carbocycles. The van der Waals surface area contributed by atoms with Gasteiger partial charge in [0.05, 0.1) is 29.4 Å². The molecule has 0 unspecified atom stereocenters. The predicted octanol–water partition coefficient (Wildman–Crippen LogP) is 3.67. The summed E-state index contributed by atoms with van der Waals surface area (Å²) < 4.78 is 5.02.